The SMILES string of the molecule is NC(=O)C(CSCCO)NC1CC1. The van der Waals surface area contributed by atoms with E-state index in [0.717, 1.165) is 12.8 Å². The number of carbonyl (C=O) groups excluding carboxylic acids is 1. The molecule has 1 atom stereocenters. The van der Waals surface area contributed by atoms with Crippen molar-refractivity contribution in [2.24, 2.45) is 5.73 Å². The normalized spacial score (nSPS) is 18.5. The van der Waals surface area contributed by atoms with Crippen LogP contribution in [-0.4, -0.2) is 41.2 Å². The Morgan fingerprint density at radius 3 is 2.85 bits per heavy atom. The van der Waals surface area contributed by atoms with Gasteiger partial charge in [-0.3, -0.25) is 4.79 Å². The van der Waals surface area contributed by atoms with Gasteiger partial charge in [-0.05, 0) is 12.8 Å². The van der Waals surface area contributed by atoms with Gasteiger partial charge in [-0.15, -0.1) is 0 Å². The fraction of sp³-hybridized carbons (Fsp3) is 0.875. The van der Waals surface area contributed by atoms with Crippen LogP contribution < -0.4 is 11.1 Å². The van der Waals surface area contributed by atoms with Crippen molar-refractivity contribution in [1.29, 1.82) is 0 Å². The summed E-state index contributed by atoms with van der Waals surface area (Å²) in [7, 11) is 0. The first-order valence-corrected chi connectivity index (χ1v) is 5.63. The van der Waals surface area contributed by atoms with E-state index in [2.05, 4.69) is 5.32 Å². The van der Waals surface area contributed by atoms with Crippen molar-refractivity contribution in [3.05, 3.63) is 0 Å². The lowest BCUT2D eigenvalue weighted by Gasteiger charge is -2.13. The third-order valence-corrected chi connectivity index (χ3v) is 2.92. The Balaban J connectivity index is 2.16. The van der Waals surface area contributed by atoms with E-state index in [1.165, 1.54) is 0 Å². The van der Waals surface area contributed by atoms with Crippen LogP contribution in [0.1, 0.15) is 12.8 Å². The van der Waals surface area contributed by atoms with E-state index in [1.807, 2.05) is 0 Å². The second-order valence-electron chi connectivity index (χ2n) is 3.19. The van der Waals surface area contributed by atoms with Crippen LogP contribution in [0.25, 0.3) is 0 Å². The maximum absolute atomic E-state index is 10.9. The molecule has 0 aromatic carbocycles. The fourth-order valence-corrected chi connectivity index (χ4v) is 1.80. The average Bonchev–Trinajstić information content (AvgIpc) is 2.86. The summed E-state index contributed by atoms with van der Waals surface area (Å²) in [4.78, 5) is 10.9. The van der Waals surface area contributed by atoms with Gasteiger partial charge in [-0.2, -0.15) is 11.8 Å². The summed E-state index contributed by atoms with van der Waals surface area (Å²) in [5, 5.41) is 11.7. The minimum absolute atomic E-state index is 0.152. The number of aliphatic hydroxyl groups excluding tert-OH is 1. The molecule has 0 radical (unpaired) electrons. The highest BCUT2D eigenvalue weighted by molar-refractivity contribution is 7.99. The van der Waals surface area contributed by atoms with E-state index < -0.39 is 0 Å². The molecule has 76 valence electrons. The van der Waals surface area contributed by atoms with Crippen LogP contribution in [0.15, 0.2) is 0 Å². The Labute approximate surface area is 82.3 Å². The zero-order chi connectivity index (χ0) is 9.68. The van der Waals surface area contributed by atoms with Gasteiger partial charge in [0.2, 0.25) is 5.91 Å². The Kier molecular flexibility index (Phi) is 4.55. The number of aliphatic hydroxyl groups is 1. The van der Waals surface area contributed by atoms with Gasteiger partial charge in [0, 0.05) is 17.5 Å². The first-order valence-electron chi connectivity index (χ1n) is 4.48. The molecule has 4 N–H and O–H groups in total. The van der Waals surface area contributed by atoms with Crippen LogP contribution in [0.4, 0.5) is 0 Å². The summed E-state index contributed by atoms with van der Waals surface area (Å²) < 4.78 is 0. The molecular weight excluding hydrogens is 188 g/mol. The number of thioether (sulfide) groups is 1. The number of hydrogen-bond acceptors (Lipinski definition) is 4. The molecule has 1 amide bonds. The van der Waals surface area contributed by atoms with Crippen LogP contribution in [0.2, 0.25) is 0 Å². The summed E-state index contributed by atoms with van der Waals surface area (Å²) >= 11 is 1.55. The second-order valence-corrected chi connectivity index (χ2v) is 4.34. The highest BCUT2D eigenvalue weighted by Crippen LogP contribution is 2.20. The largest absolute Gasteiger partial charge is 0.396 e. The van der Waals surface area contributed by atoms with Crippen molar-refractivity contribution in [3.63, 3.8) is 0 Å². The molecule has 13 heavy (non-hydrogen) atoms. The van der Waals surface area contributed by atoms with E-state index in [1.54, 1.807) is 11.8 Å². The summed E-state index contributed by atoms with van der Waals surface area (Å²) in [5.74, 6) is 1.03. The Morgan fingerprint density at radius 1 is 1.69 bits per heavy atom. The van der Waals surface area contributed by atoms with Gasteiger partial charge in [-0.1, -0.05) is 0 Å². The van der Waals surface area contributed by atoms with Crippen molar-refractivity contribution in [3.8, 4) is 0 Å². The molecule has 0 saturated heterocycles. The van der Waals surface area contributed by atoms with Crippen LogP contribution in [0, 0.1) is 0 Å². The number of carbonyl (C=O) groups is 1. The Hall–Kier alpha value is -0.260. The summed E-state index contributed by atoms with van der Waals surface area (Å²) in [6.45, 7) is 0.152. The molecule has 0 spiro atoms. The minimum atomic E-state index is -0.294. The van der Waals surface area contributed by atoms with Gasteiger partial charge in [0.15, 0.2) is 0 Å². The quantitative estimate of drug-likeness (QED) is 0.480. The van der Waals surface area contributed by atoms with Crippen molar-refractivity contribution in [2.45, 2.75) is 24.9 Å². The molecule has 1 saturated carbocycles. The third kappa shape index (κ3) is 4.50. The van der Waals surface area contributed by atoms with Gasteiger partial charge in [-0.25, -0.2) is 0 Å². The minimum Gasteiger partial charge on any atom is -0.396 e. The average molecular weight is 204 g/mol. The topological polar surface area (TPSA) is 75.4 Å². The number of nitrogens with one attached hydrogen (secondary N) is 1. The van der Waals surface area contributed by atoms with Crippen LogP contribution >= 0.6 is 11.8 Å². The predicted molar refractivity (Wildman–Crippen MR) is 53.6 cm³/mol. The van der Waals surface area contributed by atoms with Gasteiger partial charge in [0.25, 0.3) is 0 Å². The van der Waals surface area contributed by atoms with E-state index in [0.29, 0.717) is 17.5 Å². The molecule has 1 aliphatic rings. The molecule has 0 heterocycles. The standard InChI is InChI=1S/C8H16N2O2S/c9-8(12)7(5-13-4-3-11)10-6-1-2-6/h6-7,10-11H,1-5H2,(H2,9,12). The first-order chi connectivity index (χ1) is 6.24. The zero-order valence-corrected chi connectivity index (χ0v) is 8.35. The molecule has 0 aromatic rings. The van der Waals surface area contributed by atoms with Crippen LogP contribution in [-0.2, 0) is 4.79 Å². The van der Waals surface area contributed by atoms with Gasteiger partial charge in [0.05, 0.1) is 12.6 Å². The molecule has 1 rings (SSSR count). The highest BCUT2D eigenvalue weighted by atomic mass is 32.2. The number of hydrogen-bond donors (Lipinski definition) is 3. The number of primary amides is 1. The Bertz CT molecular complexity index is 174. The molecular formula is C8H16N2O2S. The third-order valence-electron chi connectivity index (χ3n) is 1.88. The van der Waals surface area contributed by atoms with E-state index in [9.17, 15) is 4.79 Å². The molecule has 1 unspecified atom stereocenters. The van der Waals surface area contributed by atoms with E-state index in [-0.39, 0.29) is 18.6 Å². The summed E-state index contributed by atoms with van der Waals surface area (Å²) in [6.07, 6.45) is 2.29. The first kappa shape index (κ1) is 10.8. The van der Waals surface area contributed by atoms with Crippen LogP contribution in [0.5, 0.6) is 0 Å². The van der Waals surface area contributed by atoms with Gasteiger partial charge >= 0.3 is 0 Å². The monoisotopic (exact) mass is 204 g/mol. The molecule has 5 heteroatoms. The van der Waals surface area contributed by atoms with Crippen molar-refractivity contribution in [1.82, 2.24) is 5.32 Å². The maximum Gasteiger partial charge on any atom is 0.235 e. The lowest BCUT2D eigenvalue weighted by Crippen LogP contribution is -2.44. The van der Waals surface area contributed by atoms with Crippen LogP contribution in [0.3, 0.4) is 0 Å². The summed E-state index contributed by atoms with van der Waals surface area (Å²) in [5.41, 5.74) is 5.22. The van der Waals surface area contributed by atoms with Crippen molar-refractivity contribution in [2.75, 3.05) is 18.1 Å². The van der Waals surface area contributed by atoms with E-state index >= 15 is 0 Å². The smallest absolute Gasteiger partial charge is 0.235 e. The van der Waals surface area contributed by atoms with Crippen molar-refractivity contribution >= 4 is 17.7 Å². The lowest BCUT2D eigenvalue weighted by molar-refractivity contribution is -0.119. The fourth-order valence-electron chi connectivity index (χ4n) is 1.01. The molecule has 1 fully saturated rings. The second kappa shape index (κ2) is 5.47. The van der Waals surface area contributed by atoms with E-state index in [4.69, 9.17) is 10.8 Å². The van der Waals surface area contributed by atoms with Gasteiger partial charge in [0.1, 0.15) is 0 Å². The molecule has 0 aromatic heterocycles. The zero-order valence-electron chi connectivity index (χ0n) is 7.53. The highest BCUT2D eigenvalue weighted by Gasteiger charge is 2.26. The maximum atomic E-state index is 10.9. The van der Waals surface area contributed by atoms with Gasteiger partial charge < -0.3 is 16.2 Å². The summed E-state index contributed by atoms with van der Waals surface area (Å²) in [6, 6.07) is 0.260. The predicted octanol–water partition coefficient (Wildman–Crippen LogP) is -0.682. The Morgan fingerprint density at radius 2 is 2.38 bits per heavy atom. The molecule has 1 aliphatic carbocycles. The lowest BCUT2D eigenvalue weighted by atomic mass is 10.3. The molecule has 0 bridgehead atoms. The molecule has 0 aliphatic heterocycles. The number of rotatable bonds is 7. The van der Waals surface area contributed by atoms with Crippen molar-refractivity contribution < 1.29 is 9.90 Å². The molecule has 4 nitrogen and oxygen atoms in total. The number of nitrogens with two attached hydrogens (primary N) is 1. The number of amides is 1.